The van der Waals surface area contributed by atoms with E-state index in [-0.39, 0.29) is 5.91 Å². The maximum Gasteiger partial charge on any atom is 0.272 e. The number of para-hydroxylation sites is 1. The van der Waals surface area contributed by atoms with Crippen LogP contribution in [0.1, 0.15) is 16.3 Å². The van der Waals surface area contributed by atoms with Gasteiger partial charge in [0, 0.05) is 19.2 Å². The highest BCUT2D eigenvalue weighted by Gasteiger charge is 2.21. The van der Waals surface area contributed by atoms with Crippen molar-refractivity contribution in [2.24, 2.45) is 0 Å². The Morgan fingerprint density at radius 2 is 1.88 bits per heavy atom. The Balaban J connectivity index is 1.87. The second kappa shape index (κ2) is 7.34. The van der Waals surface area contributed by atoms with Crippen LogP contribution in [-0.4, -0.2) is 47.1 Å². The minimum atomic E-state index is -0.142. The minimum absolute atomic E-state index is 0.142. The molecule has 8 heteroatoms. The number of carbonyl (C=O) groups excluding carboxylic acids is 1. The summed E-state index contributed by atoms with van der Waals surface area (Å²) in [6.07, 6.45) is 0. The van der Waals surface area contributed by atoms with Crippen LogP contribution in [-0.2, 0) is 4.74 Å². The van der Waals surface area contributed by atoms with Gasteiger partial charge in [0.1, 0.15) is 17.3 Å². The summed E-state index contributed by atoms with van der Waals surface area (Å²) >= 11 is 12.3. The molecule has 1 aromatic carbocycles. The maximum atomic E-state index is 12.6. The zero-order valence-corrected chi connectivity index (χ0v) is 14.6. The van der Waals surface area contributed by atoms with Crippen molar-refractivity contribution in [2.45, 2.75) is 6.92 Å². The molecule has 1 aliphatic rings. The SMILES string of the molecule is Cc1nc(Nc2c(Cl)cccc2Cl)cc(C(=O)N2CCOCC2)n1. The summed E-state index contributed by atoms with van der Waals surface area (Å²) in [7, 11) is 0. The van der Waals surface area contributed by atoms with Crippen molar-refractivity contribution in [3.63, 3.8) is 0 Å². The lowest BCUT2D eigenvalue weighted by molar-refractivity contribution is 0.0299. The van der Waals surface area contributed by atoms with Crippen LogP contribution >= 0.6 is 23.2 Å². The van der Waals surface area contributed by atoms with Crippen LogP contribution in [0.2, 0.25) is 10.0 Å². The monoisotopic (exact) mass is 366 g/mol. The fraction of sp³-hybridized carbons (Fsp3) is 0.312. The van der Waals surface area contributed by atoms with Gasteiger partial charge in [0.15, 0.2) is 0 Å². The molecule has 1 aromatic heterocycles. The summed E-state index contributed by atoms with van der Waals surface area (Å²) < 4.78 is 5.27. The normalized spacial score (nSPS) is 14.5. The van der Waals surface area contributed by atoms with E-state index in [4.69, 9.17) is 27.9 Å². The van der Waals surface area contributed by atoms with E-state index in [0.717, 1.165) is 0 Å². The van der Waals surface area contributed by atoms with Gasteiger partial charge in [0.05, 0.1) is 28.9 Å². The van der Waals surface area contributed by atoms with Gasteiger partial charge >= 0.3 is 0 Å². The quantitative estimate of drug-likeness (QED) is 0.902. The van der Waals surface area contributed by atoms with Crippen molar-refractivity contribution in [3.05, 3.63) is 45.8 Å². The van der Waals surface area contributed by atoms with Crippen molar-refractivity contribution in [1.29, 1.82) is 0 Å². The van der Waals surface area contributed by atoms with Crippen LogP contribution in [0.3, 0.4) is 0 Å². The number of ether oxygens (including phenoxy) is 1. The second-order valence-electron chi connectivity index (χ2n) is 5.31. The predicted octanol–water partition coefficient (Wildman–Crippen LogP) is 3.31. The number of rotatable bonds is 3. The predicted molar refractivity (Wildman–Crippen MR) is 93.2 cm³/mol. The Morgan fingerprint density at radius 1 is 1.21 bits per heavy atom. The second-order valence-corrected chi connectivity index (χ2v) is 6.13. The largest absolute Gasteiger partial charge is 0.378 e. The molecule has 0 radical (unpaired) electrons. The van der Waals surface area contributed by atoms with Crippen molar-refractivity contribution in [1.82, 2.24) is 14.9 Å². The van der Waals surface area contributed by atoms with Crippen LogP contribution in [0, 0.1) is 6.92 Å². The molecule has 2 heterocycles. The van der Waals surface area contributed by atoms with Gasteiger partial charge in [0.2, 0.25) is 0 Å². The van der Waals surface area contributed by atoms with Crippen molar-refractivity contribution in [2.75, 3.05) is 31.6 Å². The summed E-state index contributed by atoms with van der Waals surface area (Å²) in [6, 6.07) is 6.81. The van der Waals surface area contributed by atoms with Gasteiger partial charge in [-0.25, -0.2) is 9.97 Å². The van der Waals surface area contributed by atoms with Crippen LogP contribution in [0.25, 0.3) is 0 Å². The molecule has 0 spiro atoms. The molecule has 3 rings (SSSR count). The van der Waals surface area contributed by atoms with Crippen LogP contribution in [0.5, 0.6) is 0 Å². The number of anilines is 2. The number of morpholine rings is 1. The van der Waals surface area contributed by atoms with Gasteiger partial charge in [-0.15, -0.1) is 0 Å². The Bertz CT molecular complexity index is 743. The smallest absolute Gasteiger partial charge is 0.272 e. The molecule has 1 aliphatic heterocycles. The lowest BCUT2D eigenvalue weighted by atomic mass is 10.3. The number of hydrogen-bond donors (Lipinski definition) is 1. The third kappa shape index (κ3) is 3.77. The molecule has 2 aromatic rings. The topological polar surface area (TPSA) is 67.4 Å². The molecule has 0 bridgehead atoms. The fourth-order valence-electron chi connectivity index (χ4n) is 2.42. The Morgan fingerprint density at radius 3 is 2.54 bits per heavy atom. The van der Waals surface area contributed by atoms with Crippen LogP contribution in [0.15, 0.2) is 24.3 Å². The summed E-state index contributed by atoms with van der Waals surface area (Å²) in [5.41, 5.74) is 0.874. The van der Waals surface area contributed by atoms with E-state index in [1.54, 1.807) is 36.1 Å². The zero-order chi connectivity index (χ0) is 17.1. The maximum absolute atomic E-state index is 12.6. The molecule has 0 saturated carbocycles. The molecule has 0 unspecified atom stereocenters. The van der Waals surface area contributed by atoms with E-state index in [9.17, 15) is 4.79 Å². The summed E-state index contributed by atoms with van der Waals surface area (Å²) in [5, 5.41) is 4.01. The van der Waals surface area contributed by atoms with Gasteiger partial charge in [-0.05, 0) is 19.1 Å². The number of aryl methyl sites for hydroxylation is 1. The van der Waals surface area contributed by atoms with Crippen molar-refractivity contribution >= 4 is 40.6 Å². The first-order valence-corrected chi connectivity index (χ1v) is 8.24. The highest BCUT2D eigenvalue weighted by molar-refractivity contribution is 6.39. The molecule has 0 atom stereocenters. The number of halogens is 2. The number of nitrogens with zero attached hydrogens (tertiary/aromatic N) is 3. The molecule has 6 nitrogen and oxygen atoms in total. The Hall–Kier alpha value is -1.89. The highest BCUT2D eigenvalue weighted by atomic mass is 35.5. The summed E-state index contributed by atoms with van der Waals surface area (Å²) in [4.78, 5) is 22.9. The number of benzene rings is 1. The Labute approximate surface area is 149 Å². The molecule has 1 saturated heterocycles. The lowest BCUT2D eigenvalue weighted by Crippen LogP contribution is -2.41. The summed E-state index contributed by atoms with van der Waals surface area (Å²) in [5.74, 6) is 0.811. The average Bonchev–Trinajstić information content (AvgIpc) is 2.58. The molecule has 1 fully saturated rings. The molecule has 1 N–H and O–H groups in total. The lowest BCUT2D eigenvalue weighted by Gasteiger charge is -2.26. The average molecular weight is 367 g/mol. The first-order valence-electron chi connectivity index (χ1n) is 7.48. The first kappa shape index (κ1) is 17.0. The highest BCUT2D eigenvalue weighted by Crippen LogP contribution is 2.32. The van der Waals surface area contributed by atoms with Crippen LogP contribution in [0.4, 0.5) is 11.5 Å². The van der Waals surface area contributed by atoms with E-state index < -0.39 is 0 Å². The first-order chi connectivity index (χ1) is 11.5. The third-order valence-corrected chi connectivity index (χ3v) is 4.20. The van der Waals surface area contributed by atoms with Gasteiger partial charge < -0.3 is 15.0 Å². The van der Waals surface area contributed by atoms with E-state index >= 15 is 0 Å². The van der Waals surface area contributed by atoms with E-state index in [0.29, 0.717) is 59.4 Å². The van der Waals surface area contributed by atoms with Crippen molar-refractivity contribution in [3.8, 4) is 0 Å². The number of carbonyl (C=O) groups is 1. The molecule has 1 amide bonds. The zero-order valence-electron chi connectivity index (χ0n) is 13.1. The molecular formula is C16H16Cl2N4O2. The van der Waals surface area contributed by atoms with E-state index in [2.05, 4.69) is 15.3 Å². The third-order valence-electron chi connectivity index (χ3n) is 3.57. The fourth-order valence-corrected chi connectivity index (χ4v) is 2.91. The number of hydrogen-bond acceptors (Lipinski definition) is 5. The van der Waals surface area contributed by atoms with Crippen LogP contribution < -0.4 is 5.32 Å². The van der Waals surface area contributed by atoms with Crippen molar-refractivity contribution < 1.29 is 9.53 Å². The molecule has 0 aliphatic carbocycles. The van der Waals surface area contributed by atoms with Gasteiger partial charge in [-0.3, -0.25) is 4.79 Å². The minimum Gasteiger partial charge on any atom is -0.378 e. The molecule has 126 valence electrons. The van der Waals surface area contributed by atoms with Gasteiger partial charge in [-0.1, -0.05) is 29.3 Å². The Kier molecular flexibility index (Phi) is 5.18. The van der Waals surface area contributed by atoms with E-state index in [1.165, 1.54) is 0 Å². The standard InChI is InChI=1S/C16H16Cl2N4O2/c1-10-19-13(16(23)22-5-7-24-8-6-22)9-14(20-10)21-15-11(17)3-2-4-12(15)18/h2-4,9H,5-8H2,1H3,(H,19,20,21). The van der Waals surface area contributed by atoms with Gasteiger partial charge in [-0.2, -0.15) is 0 Å². The van der Waals surface area contributed by atoms with E-state index in [1.807, 2.05) is 0 Å². The number of amides is 1. The summed E-state index contributed by atoms with van der Waals surface area (Å²) in [6.45, 7) is 3.92. The number of aromatic nitrogens is 2. The van der Waals surface area contributed by atoms with Gasteiger partial charge in [0.25, 0.3) is 5.91 Å². The molecular weight excluding hydrogens is 351 g/mol. The molecule has 24 heavy (non-hydrogen) atoms. The number of nitrogens with one attached hydrogen (secondary N) is 1.